The minimum atomic E-state index is -4.45. The largest absolute Gasteiger partial charge is 0.405 e. The maximum absolute atomic E-state index is 12.4. The summed E-state index contributed by atoms with van der Waals surface area (Å²) in [5.41, 5.74) is 1.90. The zero-order valence-electron chi connectivity index (χ0n) is 16.9. The molecule has 0 saturated heterocycles. The number of alkyl halides is 3. The number of hydrogen-bond donors (Lipinski definition) is 1. The number of rotatable bonds is 8. The Hall–Kier alpha value is -3.20. The van der Waals surface area contributed by atoms with Crippen molar-refractivity contribution in [3.8, 4) is 0 Å². The molecule has 0 spiro atoms. The summed E-state index contributed by atoms with van der Waals surface area (Å²) in [4.78, 5) is 39.7. The SMILES string of the molecule is CN(CCCN1C(=O)c2ccccc2C1=O)Cc1ccc(C(=O)NCC(F)(F)F)cc1. The van der Waals surface area contributed by atoms with Crippen LogP contribution in [0.2, 0.25) is 0 Å². The van der Waals surface area contributed by atoms with Crippen LogP contribution in [0.25, 0.3) is 0 Å². The zero-order valence-corrected chi connectivity index (χ0v) is 16.9. The summed E-state index contributed by atoms with van der Waals surface area (Å²) in [6.45, 7) is 0.117. The predicted octanol–water partition coefficient (Wildman–Crippen LogP) is 3.10. The van der Waals surface area contributed by atoms with Gasteiger partial charge < -0.3 is 10.2 Å². The Balaban J connectivity index is 1.45. The Kier molecular flexibility index (Phi) is 6.74. The molecule has 0 atom stereocenters. The first kappa shape index (κ1) is 22.5. The second-order valence-electron chi connectivity index (χ2n) is 7.39. The van der Waals surface area contributed by atoms with Gasteiger partial charge in [-0.1, -0.05) is 24.3 Å². The lowest BCUT2D eigenvalue weighted by Crippen LogP contribution is -2.33. The Morgan fingerprint density at radius 1 is 1.00 bits per heavy atom. The highest BCUT2D eigenvalue weighted by atomic mass is 19.4. The summed E-state index contributed by atoms with van der Waals surface area (Å²) in [6.07, 6.45) is -3.86. The fourth-order valence-corrected chi connectivity index (χ4v) is 3.38. The lowest BCUT2D eigenvalue weighted by molar-refractivity contribution is -0.123. The van der Waals surface area contributed by atoms with Gasteiger partial charge in [-0.05, 0) is 49.8 Å². The molecule has 0 aliphatic carbocycles. The van der Waals surface area contributed by atoms with Crippen LogP contribution in [-0.4, -0.2) is 60.4 Å². The minimum Gasteiger partial charge on any atom is -0.343 e. The van der Waals surface area contributed by atoms with Gasteiger partial charge in [-0.15, -0.1) is 0 Å². The van der Waals surface area contributed by atoms with Crippen LogP contribution in [0, 0.1) is 0 Å². The second-order valence-corrected chi connectivity index (χ2v) is 7.39. The third-order valence-electron chi connectivity index (χ3n) is 4.92. The molecule has 0 bridgehead atoms. The average molecular weight is 433 g/mol. The van der Waals surface area contributed by atoms with Crippen LogP contribution in [-0.2, 0) is 6.54 Å². The van der Waals surface area contributed by atoms with Crippen LogP contribution in [0.1, 0.15) is 43.1 Å². The van der Waals surface area contributed by atoms with Gasteiger partial charge in [-0.3, -0.25) is 19.3 Å². The number of benzene rings is 2. The minimum absolute atomic E-state index is 0.154. The molecule has 6 nitrogen and oxygen atoms in total. The van der Waals surface area contributed by atoms with Gasteiger partial charge in [0.25, 0.3) is 17.7 Å². The molecule has 1 N–H and O–H groups in total. The molecule has 2 aromatic carbocycles. The number of carbonyl (C=O) groups is 3. The maximum Gasteiger partial charge on any atom is 0.405 e. The first-order valence-corrected chi connectivity index (χ1v) is 9.73. The lowest BCUT2D eigenvalue weighted by Gasteiger charge is -2.19. The molecule has 0 saturated carbocycles. The van der Waals surface area contributed by atoms with Gasteiger partial charge in [0.2, 0.25) is 0 Å². The van der Waals surface area contributed by atoms with Crippen LogP contribution in [0.3, 0.4) is 0 Å². The molecule has 0 fully saturated rings. The maximum atomic E-state index is 12.4. The van der Waals surface area contributed by atoms with E-state index in [4.69, 9.17) is 0 Å². The van der Waals surface area contributed by atoms with Crippen molar-refractivity contribution in [2.75, 3.05) is 26.7 Å². The highest BCUT2D eigenvalue weighted by Gasteiger charge is 2.34. The molecule has 0 radical (unpaired) electrons. The highest BCUT2D eigenvalue weighted by Crippen LogP contribution is 2.22. The molecule has 2 aromatic rings. The van der Waals surface area contributed by atoms with E-state index in [9.17, 15) is 27.6 Å². The summed E-state index contributed by atoms with van der Waals surface area (Å²) in [7, 11) is 1.88. The van der Waals surface area contributed by atoms with Gasteiger partial charge in [0.15, 0.2) is 0 Å². The summed E-state index contributed by atoms with van der Waals surface area (Å²) in [5.74, 6) is -1.33. The van der Waals surface area contributed by atoms with E-state index in [1.807, 2.05) is 17.3 Å². The van der Waals surface area contributed by atoms with E-state index in [0.717, 1.165) is 5.56 Å². The van der Waals surface area contributed by atoms with Crippen molar-refractivity contribution in [2.45, 2.75) is 19.1 Å². The number of hydrogen-bond acceptors (Lipinski definition) is 4. The van der Waals surface area contributed by atoms with Gasteiger partial charge in [-0.25, -0.2) is 0 Å². The summed E-state index contributed by atoms with van der Waals surface area (Å²) in [6, 6.07) is 13.1. The van der Waals surface area contributed by atoms with Crippen LogP contribution in [0.15, 0.2) is 48.5 Å². The standard InChI is InChI=1S/C22H22F3N3O3/c1-27(11-4-12-28-20(30)17-5-2-3-6-18(17)21(28)31)13-15-7-9-16(10-8-15)19(29)26-14-22(23,24)25/h2-3,5-10H,4,11-14H2,1H3,(H,26,29). The molecular weight excluding hydrogens is 411 g/mol. The second kappa shape index (κ2) is 9.30. The van der Waals surface area contributed by atoms with Crippen molar-refractivity contribution in [3.05, 3.63) is 70.8 Å². The van der Waals surface area contributed by atoms with E-state index in [0.29, 0.717) is 37.2 Å². The van der Waals surface area contributed by atoms with E-state index in [1.54, 1.807) is 36.4 Å². The number of carbonyl (C=O) groups excluding carboxylic acids is 3. The number of fused-ring (bicyclic) bond motifs is 1. The van der Waals surface area contributed by atoms with Crippen molar-refractivity contribution in [1.29, 1.82) is 0 Å². The molecule has 1 aliphatic rings. The average Bonchev–Trinajstić information content (AvgIpc) is 2.97. The molecule has 3 rings (SSSR count). The van der Waals surface area contributed by atoms with Crippen LogP contribution >= 0.6 is 0 Å². The molecular formula is C22H22F3N3O3. The summed E-state index contributed by atoms with van der Waals surface area (Å²) in [5, 5.41) is 1.83. The van der Waals surface area contributed by atoms with E-state index in [1.165, 1.54) is 17.0 Å². The summed E-state index contributed by atoms with van der Waals surface area (Å²) < 4.78 is 36.6. The number of imide groups is 1. The van der Waals surface area contributed by atoms with Crippen LogP contribution in [0.5, 0.6) is 0 Å². The van der Waals surface area contributed by atoms with Gasteiger partial charge in [0, 0.05) is 18.7 Å². The van der Waals surface area contributed by atoms with E-state index >= 15 is 0 Å². The molecule has 0 aromatic heterocycles. The topological polar surface area (TPSA) is 69.7 Å². The first-order chi connectivity index (χ1) is 14.7. The zero-order chi connectivity index (χ0) is 22.6. The Labute approximate surface area is 177 Å². The lowest BCUT2D eigenvalue weighted by atomic mass is 10.1. The van der Waals surface area contributed by atoms with Gasteiger partial charge >= 0.3 is 6.18 Å². The van der Waals surface area contributed by atoms with Crippen molar-refractivity contribution < 1.29 is 27.6 Å². The first-order valence-electron chi connectivity index (χ1n) is 9.73. The summed E-state index contributed by atoms with van der Waals surface area (Å²) >= 11 is 0. The molecule has 9 heteroatoms. The van der Waals surface area contributed by atoms with Gasteiger partial charge in [0.05, 0.1) is 11.1 Å². The van der Waals surface area contributed by atoms with Crippen molar-refractivity contribution in [3.63, 3.8) is 0 Å². The van der Waals surface area contributed by atoms with Gasteiger partial charge in [0.1, 0.15) is 6.54 Å². The van der Waals surface area contributed by atoms with E-state index < -0.39 is 18.6 Å². The van der Waals surface area contributed by atoms with Gasteiger partial charge in [-0.2, -0.15) is 13.2 Å². The predicted molar refractivity (Wildman–Crippen MR) is 108 cm³/mol. The smallest absolute Gasteiger partial charge is 0.343 e. The molecule has 164 valence electrons. The van der Waals surface area contributed by atoms with Crippen LogP contribution < -0.4 is 5.32 Å². The third kappa shape index (κ3) is 5.69. The highest BCUT2D eigenvalue weighted by molar-refractivity contribution is 6.21. The number of nitrogens with zero attached hydrogens (tertiary/aromatic N) is 2. The Morgan fingerprint density at radius 2 is 1.58 bits per heavy atom. The Bertz CT molecular complexity index is 939. The third-order valence-corrected chi connectivity index (χ3v) is 4.92. The van der Waals surface area contributed by atoms with Crippen molar-refractivity contribution >= 4 is 17.7 Å². The normalized spacial score (nSPS) is 13.6. The fraction of sp³-hybridized carbons (Fsp3) is 0.318. The quantitative estimate of drug-likeness (QED) is 0.650. The monoisotopic (exact) mass is 433 g/mol. The molecule has 0 unspecified atom stereocenters. The van der Waals surface area contributed by atoms with Crippen LogP contribution in [0.4, 0.5) is 13.2 Å². The Morgan fingerprint density at radius 3 is 2.13 bits per heavy atom. The molecule has 1 aliphatic heterocycles. The van der Waals surface area contributed by atoms with Crippen molar-refractivity contribution in [1.82, 2.24) is 15.1 Å². The number of halogens is 3. The van der Waals surface area contributed by atoms with E-state index in [2.05, 4.69) is 0 Å². The molecule has 1 heterocycles. The molecule has 3 amide bonds. The number of nitrogens with one attached hydrogen (secondary N) is 1. The molecule has 31 heavy (non-hydrogen) atoms. The number of amides is 3. The van der Waals surface area contributed by atoms with Crippen molar-refractivity contribution in [2.24, 2.45) is 0 Å². The van der Waals surface area contributed by atoms with E-state index in [-0.39, 0.29) is 17.4 Å². The fourth-order valence-electron chi connectivity index (χ4n) is 3.38.